The second kappa shape index (κ2) is 6.72. The maximum Gasteiger partial charge on any atom is 0.276 e. The van der Waals surface area contributed by atoms with Crippen LogP contribution in [0.15, 0.2) is 29.3 Å². The first-order valence-corrected chi connectivity index (χ1v) is 9.29. The van der Waals surface area contributed by atoms with Gasteiger partial charge in [0.15, 0.2) is 5.69 Å². The summed E-state index contributed by atoms with van der Waals surface area (Å²) in [6, 6.07) is 1.39. The minimum absolute atomic E-state index is 0.0208. The SMILES string of the molecule is C[C@@H]1CN(S(=O)(=O)c2ccc(F)cc2F)C[C@H](C)N1C(=O)c1cn[nH]n1. The maximum atomic E-state index is 14.0. The van der Waals surface area contributed by atoms with Crippen LogP contribution in [0, 0.1) is 11.6 Å². The van der Waals surface area contributed by atoms with Crippen molar-refractivity contribution in [2.24, 2.45) is 0 Å². The first-order valence-electron chi connectivity index (χ1n) is 7.85. The van der Waals surface area contributed by atoms with Crippen LogP contribution in [0.3, 0.4) is 0 Å². The van der Waals surface area contributed by atoms with Gasteiger partial charge in [-0.05, 0) is 26.0 Å². The smallest absolute Gasteiger partial charge is 0.276 e. The number of hydrogen-bond donors (Lipinski definition) is 1. The fraction of sp³-hybridized carbons (Fsp3) is 0.400. The van der Waals surface area contributed by atoms with Gasteiger partial charge in [-0.1, -0.05) is 0 Å². The Hall–Kier alpha value is -2.40. The standard InChI is InChI=1S/C15H17F2N5O3S/c1-9-7-21(26(24,25)14-4-3-11(16)5-12(14)17)8-10(2)22(9)15(23)13-6-18-20-19-13/h3-6,9-10H,7-8H2,1-2H3,(H,18,19,20)/t9-,10+. The second-order valence-corrected chi connectivity index (χ2v) is 8.07. The molecule has 1 N–H and O–H groups in total. The van der Waals surface area contributed by atoms with E-state index in [9.17, 15) is 22.0 Å². The van der Waals surface area contributed by atoms with Crippen molar-refractivity contribution in [1.29, 1.82) is 0 Å². The van der Waals surface area contributed by atoms with Crippen LogP contribution in [0.25, 0.3) is 0 Å². The molecule has 1 saturated heterocycles. The Morgan fingerprint density at radius 3 is 2.42 bits per heavy atom. The van der Waals surface area contributed by atoms with Crippen molar-refractivity contribution in [2.45, 2.75) is 30.8 Å². The number of carbonyl (C=O) groups excluding carboxylic acids is 1. The molecule has 0 spiro atoms. The number of benzene rings is 1. The highest BCUT2D eigenvalue weighted by molar-refractivity contribution is 7.89. The Kier molecular flexibility index (Phi) is 4.76. The fourth-order valence-electron chi connectivity index (χ4n) is 3.13. The second-order valence-electron chi connectivity index (χ2n) is 6.16. The number of aromatic nitrogens is 3. The highest BCUT2D eigenvalue weighted by atomic mass is 32.2. The summed E-state index contributed by atoms with van der Waals surface area (Å²) >= 11 is 0. The lowest BCUT2D eigenvalue weighted by Gasteiger charge is -2.43. The Labute approximate surface area is 148 Å². The third kappa shape index (κ3) is 3.19. The first kappa shape index (κ1) is 18.4. The number of hydrogen-bond acceptors (Lipinski definition) is 5. The van der Waals surface area contributed by atoms with Crippen LogP contribution in [-0.4, -0.2) is 64.1 Å². The van der Waals surface area contributed by atoms with Crippen molar-refractivity contribution in [3.05, 3.63) is 41.7 Å². The molecule has 1 fully saturated rings. The van der Waals surface area contributed by atoms with Crippen molar-refractivity contribution >= 4 is 15.9 Å². The zero-order valence-corrected chi connectivity index (χ0v) is 14.9. The molecule has 1 amide bonds. The van der Waals surface area contributed by atoms with E-state index >= 15 is 0 Å². The van der Waals surface area contributed by atoms with Gasteiger partial charge in [0, 0.05) is 31.2 Å². The van der Waals surface area contributed by atoms with E-state index < -0.39 is 38.6 Å². The molecule has 11 heteroatoms. The summed E-state index contributed by atoms with van der Waals surface area (Å²) in [5, 5.41) is 9.71. The maximum absolute atomic E-state index is 14.0. The van der Waals surface area contributed by atoms with Crippen LogP contribution in [0.1, 0.15) is 24.3 Å². The largest absolute Gasteiger partial charge is 0.329 e. The van der Waals surface area contributed by atoms with Gasteiger partial charge in [0.25, 0.3) is 5.91 Å². The lowest BCUT2D eigenvalue weighted by Crippen LogP contribution is -2.59. The highest BCUT2D eigenvalue weighted by Crippen LogP contribution is 2.26. The number of sulfonamides is 1. The number of rotatable bonds is 3. The van der Waals surface area contributed by atoms with Crippen molar-refractivity contribution in [2.75, 3.05) is 13.1 Å². The van der Waals surface area contributed by atoms with Gasteiger partial charge >= 0.3 is 0 Å². The molecular weight excluding hydrogens is 368 g/mol. The Bertz CT molecular complexity index is 907. The Morgan fingerprint density at radius 1 is 1.23 bits per heavy atom. The molecule has 2 heterocycles. The molecular formula is C15H17F2N5O3S. The van der Waals surface area contributed by atoms with Crippen molar-refractivity contribution < 1.29 is 22.0 Å². The molecule has 8 nitrogen and oxygen atoms in total. The van der Waals surface area contributed by atoms with E-state index in [1.807, 2.05) is 0 Å². The number of amides is 1. The molecule has 0 radical (unpaired) electrons. The van der Waals surface area contributed by atoms with Gasteiger partial charge in [-0.2, -0.15) is 19.7 Å². The van der Waals surface area contributed by atoms with E-state index in [-0.39, 0.29) is 24.7 Å². The van der Waals surface area contributed by atoms with Crippen LogP contribution in [0.5, 0.6) is 0 Å². The zero-order chi connectivity index (χ0) is 19.1. The van der Waals surface area contributed by atoms with E-state index in [4.69, 9.17) is 0 Å². The zero-order valence-electron chi connectivity index (χ0n) is 14.1. The number of aromatic amines is 1. The third-order valence-corrected chi connectivity index (χ3v) is 6.13. The molecule has 1 aliphatic rings. The monoisotopic (exact) mass is 385 g/mol. The molecule has 1 aromatic heterocycles. The number of halogens is 2. The van der Waals surface area contributed by atoms with Crippen LogP contribution < -0.4 is 0 Å². The van der Waals surface area contributed by atoms with Crippen molar-refractivity contribution in [1.82, 2.24) is 24.6 Å². The van der Waals surface area contributed by atoms with Gasteiger partial charge in [-0.25, -0.2) is 17.2 Å². The molecule has 0 saturated carbocycles. The molecule has 140 valence electrons. The summed E-state index contributed by atoms with van der Waals surface area (Å²) in [4.78, 5) is 13.5. The molecule has 26 heavy (non-hydrogen) atoms. The summed E-state index contributed by atoms with van der Waals surface area (Å²) in [5.41, 5.74) is 0.129. The van der Waals surface area contributed by atoms with E-state index in [0.29, 0.717) is 6.07 Å². The van der Waals surface area contributed by atoms with Gasteiger partial charge in [-0.15, -0.1) is 0 Å². The van der Waals surface area contributed by atoms with Crippen molar-refractivity contribution in [3.8, 4) is 0 Å². The number of carbonyl (C=O) groups is 1. The summed E-state index contributed by atoms with van der Waals surface area (Å²) < 4.78 is 53.6. The molecule has 2 aromatic rings. The number of nitrogens with zero attached hydrogens (tertiary/aromatic N) is 4. The molecule has 3 rings (SSSR count). The van der Waals surface area contributed by atoms with Gasteiger partial charge in [0.05, 0.1) is 6.20 Å². The van der Waals surface area contributed by atoms with Crippen LogP contribution in [-0.2, 0) is 10.0 Å². The molecule has 1 aromatic carbocycles. The predicted molar refractivity (Wildman–Crippen MR) is 86.6 cm³/mol. The van der Waals surface area contributed by atoms with E-state index in [1.165, 1.54) is 11.1 Å². The van der Waals surface area contributed by atoms with Crippen molar-refractivity contribution in [3.63, 3.8) is 0 Å². The van der Waals surface area contributed by atoms with Gasteiger partial charge in [-0.3, -0.25) is 4.79 Å². The first-order chi connectivity index (χ1) is 12.2. The van der Waals surface area contributed by atoms with E-state index in [1.54, 1.807) is 13.8 Å². The normalized spacial score (nSPS) is 21.8. The molecule has 2 atom stereocenters. The molecule has 1 aliphatic heterocycles. The number of piperazine rings is 1. The van der Waals surface area contributed by atoms with Gasteiger partial charge < -0.3 is 4.90 Å². The number of nitrogens with one attached hydrogen (secondary N) is 1. The average molecular weight is 385 g/mol. The molecule has 0 aliphatic carbocycles. The predicted octanol–water partition coefficient (Wildman–Crippen LogP) is 1.01. The molecule has 0 bridgehead atoms. The minimum Gasteiger partial charge on any atom is -0.329 e. The number of H-pyrrole nitrogens is 1. The lowest BCUT2D eigenvalue weighted by atomic mass is 10.1. The van der Waals surface area contributed by atoms with Gasteiger partial charge in [0.1, 0.15) is 16.5 Å². The Balaban J connectivity index is 1.85. The minimum atomic E-state index is -4.16. The molecule has 0 unspecified atom stereocenters. The Morgan fingerprint density at radius 2 is 1.88 bits per heavy atom. The van der Waals surface area contributed by atoms with Crippen LogP contribution in [0.4, 0.5) is 8.78 Å². The summed E-state index contributed by atoms with van der Waals surface area (Å²) in [5.74, 6) is -2.37. The lowest BCUT2D eigenvalue weighted by molar-refractivity contribution is 0.0434. The van der Waals surface area contributed by atoms with Crippen LogP contribution in [0.2, 0.25) is 0 Å². The summed E-state index contributed by atoms with van der Waals surface area (Å²) in [6.07, 6.45) is 1.29. The summed E-state index contributed by atoms with van der Waals surface area (Å²) in [6.45, 7) is 3.34. The van der Waals surface area contributed by atoms with Gasteiger partial charge in [0.2, 0.25) is 10.0 Å². The van der Waals surface area contributed by atoms with E-state index in [0.717, 1.165) is 16.4 Å². The van der Waals surface area contributed by atoms with E-state index in [2.05, 4.69) is 15.4 Å². The fourth-order valence-corrected chi connectivity index (χ4v) is 4.78. The quantitative estimate of drug-likeness (QED) is 0.850. The summed E-state index contributed by atoms with van der Waals surface area (Å²) in [7, 11) is -4.16. The van der Waals surface area contributed by atoms with Crippen LogP contribution >= 0.6 is 0 Å². The topological polar surface area (TPSA) is 99.3 Å². The average Bonchev–Trinajstić information content (AvgIpc) is 3.08. The highest BCUT2D eigenvalue weighted by Gasteiger charge is 2.39. The third-order valence-electron chi connectivity index (χ3n) is 4.27.